The summed E-state index contributed by atoms with van der Waals surface area (Å²) in [5.74, 6) is 3.49. The lowest BCUT2D eigenvalue weighted by atomic mass is 10.3. The number of anilines is 9. The van der Waals surface area contributed by atoms with E-state index in [0.717, 1.165) is 75.1 Å². The van der Waals surface area contributed by atoms with E-state index in [2.05, 4.69) is 40.5 Å². The maximum atomic E-state index is 6.51. The summed E-state index contributed by atoms with van der Waals surface area (Å²) in [5.41, 5.74) is 3.25. The fourth-order valence-corrected chi connectivity index (χ4v) is 6.41. The first kappa shape index (κ1) is 37.5. The van der Waals surface area contributed by atoms with Gasteiger partial charge in [-0.2, -0.15) is 29.9 Å². The number of hydrogen-bond acceptors (Lipinski definition) is 18. The molecule has 0 radical (unpaired) electrons. The summed E-state index contributed by atoms with van der Waals surface area (Å²) >= 11 is 6.51. The van der Waals surface area contributed by atoms with Crippen LogP contribution in [0.3, 0.4) is 0 Å². The Balaban J connectivity index is 0.872. The molecule has 0 amide bonds. The maximum absolute atomic E-state index is 6.51. The van der Waals surface area contributed by atoms with Crippen LogP contribution in [0.5, 0.6) is 0 Å². The number of benzene rings is 2. The molecule has 2 aromatic heterocycles. The third-order valence-electron chi connectivity index (χ3n) is 9.38. The van der Waals surface area contributed by atoms with Crippen molar-refractivity contribution >= 4 is 76.3 Å². The van der Waals surface area contributed by atoms with E-state index in [0.29, 0.717) is 93.6 Å². The Hall–Kier alpha value is -5.40. The van der Waals surface area contributed by atoms with Crippen LogP contribution in [0.15, 0.2) is 64.8 Å². The summed E-state index contributed by atoms with van der Waals surface area (Å²) in [5, 5.41) is 10.3. The average molecular weight is 785 g/mol. The fraction of sp³-hybridized carbons (Fsp3) is 0.432. The van der Waals surface area contributed by atoms with Crippen LogP contribution in [-0.2, 0) is 18.9 Å². The molecule has 56 heavy (non-hydrogen) atoms. The second kappa shape index (κ2) is 18.5. The number of nitrogens with one attached hydrogen (secondary N) is 3. The van der Waals surface area contributed by atoms with Gasteiger partial charge in [0.25, 0.3) is 0 Å². The molecule has 4 saturated heterocycles. The predicted octanol–water partition coefficient (Wildman–Crippen LogP) is 3.78. The summed E-state index contributed by atoms with van der Waals surface area (Å²) in [6.45, 7) is 11.0. The van der Waals surface area contributed by atoms with Crippen molar-refractivity contribution in [3.63, 3.8) is 0 Å². The number of morpholine rings is 4. The zero-order chi connectivity index (χ0) is 37.9. The Labute approximate surface area is 329 Å². The van der Waals surface area contributed by atoms with Crippen molar-refractivity contribution in [3.8, 4) is 0 Å². The van der Waals surface area contributed by atoms with Gasteiger partial charge in [-0.1, -0.05) is 11.6 Å². The van der Waals surface area contributed by atoms with Crippen LogP contribution in [0.4, 0.5) is 58.4 Å². The van der Waals surface area contributed by atoms with E-state index < -0.39 is 0 Å². The molecule has 4 fully saturated rings. The summed E-state index contributed by atoms with van der Waals surface area (Å²) < 4.78 is 22.1. The van der Waals surface area contributed by atoms with Crippen molar-refractivity contribution in [2.75, 3.05) is 141 Å². The first-order valence-electron chi connectivity index (χ1n) is 18.8. The molecule has 18 nitrogen and oxygen atoms in total. The van der Waals surface area contributed by atoms with E-state index in [4.69, 9.17) is 60.5 Å². The molecule has 4 aliphatic heterocycles. The molecule has 0 spiro atoms. The molecule has 0 bridgehead atoms. The zero-order valence-corrected chi connectivity index (χ0v) is 31.8. The molecule has 4 aliphatic rings. The van der Waals surface area contributed by atoms with Gasteiger partial charge in [0.05, 0.1) is 63.6 Å². The molecule has 4 aromatic rings. The van der Waals surface area contributed by atoms with E-state index in [1.165, 1.54) is 0 Å². The van der Waals surface area contributed by atoms with E-state index in [9.17, 15) is 0 Å². The van der Waals surface area contributed by atoms with Gasteiger partial charge < -0.3 is 54.5 Å². The quantitative estimate of drug-likeness (QED) is 0.177. The number of aliphatic imine (C=N–C) groups is 1. The molecule has 0 saturated carbocycles. The number of hydrogen-bond donors (Lipinski definition) is 3. The van der Waals surface area contributed by atoms with Crippen molar-refractivity contribution in [2.45, 2.75) is 0 Å². The average Bonchev–Trinajstić information content (AvgIpc) is 3.27. The van der Waals surface area contributed by atoms with Crippen LogP contribution in [-0.4, -0.2) is 141 Å². The van der Waals surface area contributed by atoms with Gasteiger partial charge in [0, 0.05) is 81.8 Å². The monoisotopic (exact) mass is 784 g/mol. The highest BCUT2D eigenvalue weighted by atomic mass is 35.5. The Bertz CT molecular complexity index is 1880. The van der Waals surface area contributed by atoms with Gasteiger partial charge in [0.2, 0.25) is 35.7 Å². The van der Waals surface area contributed by atoms with Gasteiger partial charge in [-0.3, -0.25) is 4.99 Å². The van der Waals surface area contributed by atoms with Gasteiger partial charge in [-0.15, -0.1) is 0 Å². The van der Waals surface area contributed by atoms with E-state index in [-0.39, 0.29) is 0 Å². The lowest BCUT2D eigenvalue weighted by Crippen LogP contribution is -2.40. The van der Waals surface area contributed by atoms with Crippen molar-refractivity contribution in [1.29, 1.82) is 0 Å². The van der Waals surface area contributed by atoms with E-state index >= 15 is 0 Å². The Morgan fingerprint density at radius 3 is 1.21 bits per heavy atom. The summed E-state index contributed by atoms with van der Waals surface area (Å²) in [4.78, 5) is 41.5. The number of ether oxygens (including phenoxy) is 4. The largest absolute Gasteiger partial charge is 0.378 e. The SMILES string of the molecule is Cl/C(C=Nc1ccc(Nc2nc(N3CCOCC3)nc(N3CCOCC3)n2)cc1)=C\Nc1ccc(Nc2nc(N3CCOCC3)nc(N3CCOCC3)n2)cc1. The normalized spacial score (nSPS) is 18.3. The van der Waals surface area contributed by atoms with Crippen LogP contribution in [0.2, 0.25) is 0 Å². The Morgan fingerprint density at radius 1 is 0.500 bits per heavy atom. The minimum Gasteiger partial charge on any atom is -0.378 e. The first-order chi connectivity index (χ1) is 27.6. The molecule has 0 atom stereocenters. The third-order valence-corrected chi connectivity index (χ3v) is 9.58. The van der Waals surface area contributed by atoms with Crippen molar-refractivity contribution < 1.29 is 18.9 Å². The number of nitrogens with zero attached hydrogens (tertiary/aromatic N) is 11. The van der Waals surface area contributed by atoms with Gasteiger partial charge in [-0.25, -0.2) is 0 Å². The standard InChI is InChI=1S/C37H45ClN14O4/c38-27(25-39-28-1-5-30(6-2-28)41-32-43-34(49-9-17-53-18-10-49)47-35(44-32)50-11-19-54-20-12-50)26-40-29-3-7-31(8-4-29)42-33-45-36(51-13-21-55-22-14-51)48-37(46-33)52-15-23-56-24-16-52/h1-8,25-26,39H,9-24H2,(H,41,43,44,47)(H,42,45,46,48)/b27-25-,40-26?. The van der Waals surface area contributed by atoms with Crippen LogP contribution in [0, 0.1) is 0 Å². The van der Waals surface area contributed by atoms with Gasteiger partial charge >= 0.3 is 0 Å². The number of allylic oxidation sites excluding steroid dienone is 1. The molecule has 8 rings (SSSR count). The number of aromatic nitrogens is 6. The summed E-state index contributed by atoms with van der Waals surface area (Å²) in [7, 11) is 0. The number of halogens is 1. The van der Waals surface area contributed by atoms with Crippen molar-refractivity contribution in [3.05, 3.63) is 59.8 Å². The Morgan fingerprint density at radius 2 is 0.839 bits per heavy atom. The highest BCUT2D eigenvalue weighted by Gasteiger charge is 2.22. The minimum atomic E-state index is 0.433. The van der Waals surface area contributed by atoms with Crippen molar-refractivity contribution in [2.24, 2.45) is 4.99 Å². The molecule has 19 heteroatoms. The van der Waals surface area contributed by atoms with Crippen LogP contribution in [0.25, 0.3) is 0 Å². The summed E-state index contributed by atoms with van der Waals surface area (Å²) in [6.07, 6.45) is 3.29. The molecule has 2 aromatic carbocycles. The fourth-order valence-electron chi connectivity index (χ4n) is 6.30. The minimum absolute atomic E-state index is 0.433. The first-order valence-corrected chi connectivity index (χ1v) is 19.2. The summed E-state index contributed by atoms with van der Waals surface area (Å²) in [6, 6.07) is 15.4. The lowest BCUT2D eigenvalue weighted by molar-refractivity contribution is 0.121. The van der Waals surface area contributed by atoms with E-state index in [1.54, 1.807) is 12.4 Å². The van der Waals surface area contributed by atoms with Crippen LogP contribution in [0.1, 0.15) is 0 Å². The molecule has 0 aliphatic carbocycles. The van der Waals surface area contributed by atoms with Gasteiger partial charge in [-0.05, 0) is 48.5 Å². The van der Waals surface area contributed by atoms with Crippen LogP contribution >= 0.6 is 11.6 Å². The lowest BCUT2D eigenvalue weighted by Gasteiger charge is -2.30. The second-order valence-corrected chi connectivity index (χ2v) is 13.7. The topological polar surface area (TPSA) is 176 Å². The molecular formula is C37H45ClN14O4. The second-order valence-electron chi connectivity index (χ2n) is 13.2. The maximum Gasteiger partial charge on any atom is 0.233 e. The van der Waals surface area contributed by atoms with Gasteiger partial charge in [0.15, 0.2) is 0 Å². The predicted molar refractivity (Wildman–Crippen MR) is 217 cm³/mol. The molecule has 6 heterocycles. The smallest absolute Gasteiger partial charge is 0.233 e. The molecule has 294 valence electrons. The zero-order valence-electron chi connectivity index (χ0n) is 31.0. The van der Waals surface area contributed by atoms with Gasteiger partial charge in [0.1, 0.15) is 0 Å². The van der Waals surface area contributed by atoms with Crippen molar-refractivity contribution in [1.82, 2.24) is 29.9 Å². The highest BCUT2D eigenvalue weighted by Crippen LogP contribution is 2.25. The Kier molecular flexibility index (Phi) is 12.4. The highest BCUT2D eigenvalue weighted by molar-refractivity contribution is 6.39. The third kappa shape index (κ3) is 10.1. The molecule has 0 unspecified atom stereocenters. The number of rotatable bonds is 12. The van der Waals surface area contributed by atoms with E-state index in [1.807, 2.05) is 48.5 Å². The molecular weight excluding hydrogens is 740 g/mol. The van der Waals surface area contributed by atoms with Crippen LogP contribution < -0.4 is 35.6 Å². The molecule has 3 N–H and O–H groups in total.